The first kappa shape index (κ1) is 11.6. The number of aryl methyl sites for hydroxylation is 1. The molecule has 0 saturated heterocycles. The minimum atomic E-state index is 0.208. The summed E-state index contributed by atoms with van der Waals surface area (Å²) in [4.78, 5) is 2.59. The summed E-state index contributed by atoms with van der Waals surface area (Å²) in [6, 6.07) is 6.34. The van der Waals surface area contributed by atoms with Crippen LogP contribution >= 0.6 is 22.7 Å². The van der Waals surface area contributed by atoms with E-state index >= 15 is 0 Å². The maximum Gasteiger partial charge on any atom is 0.0465 e. The molecule has 2 rings (SSSR count). The summed E-state index contributed by atoms with van der Waals surface area (Å²) in [5, 5.41) is 13.1. The summed E-state index contributed by atoms with van der Waals surface area (Å²) in [7, 11) is 0. The zero-order valence-electron chi connectivity index (χ0n) is 9.14. The number of rotatable bonds is 4. The molecule has 0 spiro atoms. The van der Waals surface area contributed by atoms with Crippen LogP contribution in [0.5, 0.6) is 0 Å². The van der Waals surface area contributed by atoms with Crippen molar-refractivity contribution < 1.29 is 5.11 Å². The minimum absolute atomic E-state index is 0.208. The third kappa shape index (κ3) is 2.43. The molecule has 0 amide bonds. The van der Waals surface area contributed by atoms with Crippen LogP contribution < -0.4 is 0 Å². The van der Waals surface area contributed by atoms with Gasteiger partial charge in [0.2, 0.25) is 0 Å². The zero-order chi connectivity index (χ0) is 11.4. The molecule has 0 aliphatic rings. The van der Waals surface area contributed by atoms with Gasteiger partial charge in [-0.05, 0) is 41.8 Å². The van der Waals surface area contributed by atoms with Gasteiger partial charge in [-0.1, -0.05) is 12.1 Å². The Morgan fingerprint density at radius 2 is 2.19 bits per heavy atom. The second-order valence-corrected chi connectivity index (χ2v) is 5.40. The SMILES string of the molecule is Cc1ccsc1C(=CCCO)c1cccs1. The molecule has 0 atom stereocenters. The van der Waals surface area contributed by atoms with E-state index in [9.17, 15) is 0 Å². The van der Waals surface area contributed by atoms with Crippen LogP contribution in [-0.2, 0) is 0 Å². The Morgan fingerprint density at radius 1 is 1.31 bits per heavy atom. The highest BCUT2D eigenvalue weighted by molar-refractivity contribution is 7.13. The summed E-state index contributed by atoms with van der Waals surface area (Å²) >= 11 is 3.51. The molecular formula is C13H14OS2. The lowest BCUT2D eigenvalue weighted by atomic mass is 10.1. The molecule has 2 aromatic rings. The van der Waals surface area contributed by atoms with E-state index in [1.165, 1.54) is 20.9 Å². The largest absolute Gasteiger partial charge is 0.396 e. The topological polar surface area (TPSA) is 20.2 Å². The van der Waals surface area contributed by atoms with E-state index < -0.39 is 0 Å². The molecular weight excluding hydrogens is 236 g/mol. The zero-order valence-corrected chi connectivity index (χ0v) is 10.8. The highest BCUT2D eigenvalue weighted by Gasteiger charge is 2.09. The highest BCUT2D eigenvalue weighted by atomic mass is 32.1. The quantitative estimate of drug-likeness (QED) is 0.871. The van der Waals surface area contributed by atoms with Gasteiger partial charge in [-0.2, -0.15) is 0 Å². The number of aliphatic hydroxyl groups is 1. The first-order chi connectivity index (χ1) is 7.83. The van der Waals surface area contributed by atoms with E-state index in [4.69, 9.17) is 5.11 Å². The van der Waals surface area contributed by atoms with E-state index in [0.717, 1.165) is 0 Å². The summed E-state index contributed by atoms with van der Waals surface area (Å²) in [6.07, 6.45) is 2.84. The number of hydrogen-bond donors (Lipinski definition) is 1. The molecule has 2 heterocycles. The standard InChI is InChI=1S/C13H14OS2/c1-10-6-9-16-13(10)11(4-2-7-14)12-5-3-8-15-12/h3-6,8-9,14H,2,7H2,1H3. The maximum atomic E-state index is 8.94. The van der Waals surface area contributed by atoms with Crippen molar-refractivity contribution in [1.82, 2.24) is 0 Å². The predicted octanol–water partition coefficient (Wildman–Crippen LogP) is 3.93. The van der Waals surface area contributed by atoms with Crippen molar-refractivity contribution in [2.45, 2.75) is 13.3 Å². The smallest absolute Gasteiger partial charge is 0.0465 e. The fourth-order valence-electron chi connectivity index (χ4n) is 1.59. The van der Waals surface area contributed by atoms with Gasteiger partial charge in [-0.25, -0.2) is 0 Å². The van der Waals surface area contributed by atoms with Gasteiger partial charge < -0.3 is 5.11 Å². The first-order valence-corrected chi connectivity index (χ1v) is 6.98. The molecule has 0 unspecified atom stereocenters. The van der Waals surface area contributed by atoms with E-state index in [2.05, 4.69) is 42.0 Å². The van der Waals surface area contributed by atoms with Gasteiger partial charge in [0.1, 0.15) is 0 Å². The summed E-state index contributed by atoms with van der Waals surface area (Å²) in [5.74, 6) is 0. The molecule has 0 saturated carbocycles. The van der Waals surface area contributed by atoms with Gasteiger partial charge in [0.15, 0.2) is 0 Å². The van der Waals surface area contributed by atoms with E-state index in [0.29, 0.717) is 6.42 Å². The van der Waals surface area contributed by atoms with Crippen LogP contribution in [0.3, 0.4) is 0 Å². The average Bonchev–Trinajstić information content (AvgIpc) is 2.91. The molecule has 0 aliphatic carbocycles. The third-order valence-corrected chi connectivity index (χ3v) is 4.32. The Bertz CT molecular complexity index is 466. The fraction of sp³-hybridized carbons (Fsp3) is 0.231. The van der Waals surface area contributed by atoms with Crippen molar-refractivity contribution in [3.05, 3.63) is 50.4 Å². The van der Waals surface area contributed by atoms with Crippen LogP contribution in [0.15, 0.2) is 35.0 Å². The van der Waals surface area contributed by atoms with Crippen LogP contribution in [0.4, 0.5) is 0 Å². The minimum Gasteiger partial charge on any atom is -0.396 e. The predicted molar refractivity (Wildman–Crippen MR) is 72.2 cm³/mol. The van der Waals surface area contributed by atoms with Crippen LogP contribution in [0.1, 0.15) is 21.7 Å². The van der Waals surface area contributed by atoms with Crippen LogP contribution in [-0.4, -0.2) is 11.7 Å². The lowest BCUT2D eigenvalue weighted by Gasteiger charge is -2.04. The van der Waals surface area contributed by atoms with Crippen LogP contribution in [0, 0.1) is 6.92 Å². The molecule has 16 heavy (non-hydrogen) atoms. The van der Waals surface area contributed by atoms with E-state index in [-0.39, 0.29) is 6.61 Å². The van der Waals surface area contributed by atoms with Crippen LogP contribution in [0.25, 0.3) is 5.57 Å². The Balaban J connectivity index is 2.40. The number of aliphatic hydroxyl groups excluding tert-OH is 1. The molecule has 2 aromatic heterocycles. The third-order valence-electron chi connectivity index (χ3n) is 2.37. The van der Waals surface area contributed by atoms with Crippen molar-refractivity contribution in [3.8, 4) is 0 Å². The Kier molecular flexibility index (Phi) is 3.93. The lowest BCUT2D eigenvalue weighted by Crippen LogP contribution is -1.86. The fourth-order valence-corrected chi connectivity index (χ4v) is 3.41. The summed E-state index contributed by atoms with van der Waals surface area (Å²) in [5.41, 5.74) is 2.57. The van der Waals surface area contributed by atoms with Gasteiger partial charge in [-0.3, -0.25) is 0 Å². The highest BCUT2D eigenvalue weighted by Crippen LogP contribution is 2.33. The molecule has 0 fully saturated rings. The maximum absolute atomic E-state index is 8.94. The Labute approximate surface area is 104 Å². The van der Waals surface area contributed by atoms with Crippen LogP contribution in [0.2, 0.25) is 0 Å². The molecule has 84 valence electrons. The van der Waals surface area contributed by atoms with Crippen molar-refractivity contribution in [2.75, 3.05) is 6.61 Å². The monoisotopic (exact) mass is 250 g/mol. The van der Waals surface area contributed by atoms with Gasteiger partial charge >= 0.3 is 0 Å². The lowest BCUT2D eigenvalue weighted by molar-refractivity contribution is 0.303. The molecule has 1 nitrogen and oxygen atoms in total. The van der Waals surface area contributed by atoms with Gasteiger partial charge in [-0.15, -0.1) is 22.7 Å². The second kappa shape index (κ2) is 5.43. The second-order valence-electron chi connectivity index (χ2n) is 3.54. The van der Waals surface area contributed by atoms with Crippen molar-refractivity contribution in [3.63, 3.8) is 0 Å². The van der Waals surface area contributed by atoms with E-state index in [1.54, 1.807) is 22.7 Å². The molecule has 0 radical (unpaired) electrons. The molecule has 0 bridgehead atoms. The normalized spacial score (nSPS) is 12.0. The Hall–Kier alpha value is -0.900. The molecule has 1 N–H and O–H groups in total. The van der Waals surface area contributed by atoms with Gasteiger partial charge in [0, 0.05) is 21.9 Å². The summed E-state index contributed by atoms with van der Waals surface area (Å²) < 4.78 is 0. The Morgan fingerprint density at radius 3 is 2.75 bits per heavy atom. The molecule has 0 aromatic carbocycles. The summed E-state index contributed by atoms with van der Waals surface area (Å²) in [6.45, 7) is 2.34. The first-order valence-electron chi connectivity index (χ1n) is 5.22. The number of hydrogen-bond acceptors (Lipinski definition) is 3. The van der Waals surface area contributed by atoms with Gasteiger partial charge in [0.05, 0.1) is 0 Å². The van der Waals surface area contributed by atoms with Crippen molar-refractivity contribution in [1.29, 1.82) is 0 Å². The van der Waals surface area contributed by atoms with Crippen molar-refractivity contribution in [2.24, 2.45) is 0 Å². The van der Waals surface area contributed by atoms with E-state index in [1.807, 2.05) is 0 Å². The number of thiophene rings is 2. The average molecular weight is 250 g/mol. The van der Waals surface area contributed by atoms with Gasteiger partial charge in [0.25, 0.3) is 0 Å². The molecule has 3 heteroatoms. The molecule has 0 aliphatic heterocycles. The van der Waals surface area contributed by atoms with Crippen molar-refractivity contribution >= 4 is 28.2 Å².